The fraction of sp³-hybridized carbons (Fsp3) is 0.667. The fourth-order valence-electron chi connectivity index (χ4n) is 2.56. The Morgan fingerprint density at radius 1 is 1.45 bits per heavy atom. The zero-order valence-corrected chi connectivity index (χ0v) is 12.6. The van der Waals surface area contributed by atoms with Crippen LogP contribution in [0, 0.1) is 6.92 Å². The minimum absolute atomic E-state index is 0.141. The predicted molar refractivity (Wildman–Crippen MR) is 78.6 cm³/mol. The van der Waals surface area contributed by atoms with Gasteiger partial charge >= 0.3 is 0 Å². The van der Waals surface area contributed by atoms with Crippen molar-refractivity contribution in [2.75, 3.05) is 27.2 Å². The molecule has 0 bridgehead atoms. The highest BCUT2D eigenvalue weighted by molar-refractivity contribution is 5.75. The van der Waals surface area contributed by atoms with Gasteiger partial charge in [0.1, 0.15) is 5.82 Å². The Labute approximate surface area is 120 Å². The summed E-state index contributed by atoms with van der Waals surface area (Å²) in [7, 11) is 3.57. The van der Waals surface area contributed by atoms with E-state index in [2.05, 4.69) is 21.4 Å². The molecule has 0 aromatic carbocycles. The Kier molecular flexibility index (Phi) is 5.06. The summed E-state index contributed by atoms with van der Waals surface area (Å²) in [6, 6.07) is 2.08. The maximum atomic E-state index is 11.7. The molecular formula is C15H24N4O. The van der Waals surface area contributed by atoms with Crippen molar-refractivity contribution in [2.24, 2.45) is 0 Å². The van der Waals surface area contributed by atoms with E-state index < -0.39 is 0 Å². The second-order valence-corrected chi connectivity index (χ2v) is 5.66. The Bertz CT molecular complexity index is 467. The average Bonchev–Trinajstić information content (AvgIpc) is 2.45. The summed E-state index contributed by atoms with van der Waals surface area (Å²) in [5.74, 6) is 1.43. The number of nitrogens with one attached hydrogen (secondary N) is 1. The molecular weight excluding hydrogens is 252 g/mol. The quantitative estimate of drug-likeness (QED) is 0.900. The number of carbonyl (C=O) groups is 1. The van der Waals surface area contributed by atoms with Gasteiger partial charge in [-0.1, -0.05) is 0 Å². The van der Waals surface area contributed by atoms with Gasteiger partial charge in [-0.3, -0.25) is 4.79 Å². The summed E-state index contributed by atoms with van der Waals surface area (Å²) >= 11 is 0. The predicted octanol–water partition coefficient (Wildman–Crippen LogP) is 1.27. The van der Waals surface area contributed by atoms with Crippen molar-refractivity contribution in [3.8, 4) is 0 Å². The number of hydrogen-bond donors (Lipinski definition) is 1. The first kappa shape index (κ1) is 14.9. The van der Waals surface area contributed by atoms with Crippen molar-refractivity contribution in [3.05, 3.63) is 23.3 Å². The third kappa shape index (κ3) is 4.00. The molecule has 2 heterocycles. The second kappa shape index (κ2) is 6.79. The van der Waals surface area contributed by atoms with Gasteiger partial charge in [0.05, 0.1) is 0 Å². The molecule has 1 aromatic rings. The summed E-state index contributed by atoms with van der Waals surface area (Å²) in [5.41, 5.74) is 2.10. The molecule has 1 saturated heterocycles. The summed E-state index contributed by atoms with van der Waals surface area (Å²) in [4.78, 5) is 22.3. The Balaban J connectivity index is 2.06. The third-order valence-electron chi connectivity index (χ3n) is 3.72. The van der Waals surface area contributed by atoms with Crippen LogP contribution in [-0.2, 0) is 11.2 Å². The molecule has 1 amide bonds. The summed E-state index contributed by atoms with van der Waals surface area (Å²) in [5, 5.41) is 3.42. The molecule has 0 aliphatic carbocycles. The van der Waals surface area contributed by atoms with Crippen molar-refractivity contribution >= 4 is 5.91 Å². The zero-order chi connectivity index (χ0) is 14.5. The Hall–Kier alpha value is -1.49. The molecule has 20 heavy (non-hydrogen) atoms. The molecule has 1 aliphatic rings. The van der Waals surface area contributed by atoms with Crippen LogP contribution in [0.25, 0.3) is 0 Å². The minimum atomic E-state index is 0.141. The standard InChI is InChI=1S/C15H24N4O/c1-11-17-13(6-7-15(20)19(2)3)9-14(18-11)12-5-4-8-16-10-12/h9,12,16H,4-8,10H2,1-3H3/t12-/m0/s1. The highest BCUT2D eigenvalue weighted by Gasteiger charge is 2.18. The van der Waals surface area contributed by atoms with Crippen molar-refractivity contribution in [2.45, 2.75) is 38.5 Å². The molecule has 5 heteroatoms. The lowest BCUT2D eigenvalue weighted by atomic mass is 9.95. The average molecular weight is 276 g/mol. The highest BCUT2D eigenvalue weighted by atomic mass is 16.2. The molecule has 0 radical (unpaired) electrons. The van der Waals surface area contributed by atoms with Crippen LogP contribution in [0.5, 0.6) is 0 Å². The van der Waals surface area contributed by atoms with Gasteiger partial charge in [0.15, 0.2) is 0 Å². The Morgan fingerprint density at radius 2 is 2.25 bits per heavy atom. The van der Waals surface area contributed by atoms with E-state index in [1.165, 1.54) is 12.8 Å². The first-order chi connectivity index (χ1) is 9.56. The van der Waals surface area contributed by atoms with E-state index in [1.807, 2.05) is 6.92 Å². The largest absolute Gasteiger partial charge is 0.349 e. The molecule has 1 fully saturated rings. The lowest BCUT2D eigenvalue weighted by Crippen LogP contribution is -2.29. The number of aryl methyl sites for hydroxylation is 2. The second-order valence-electron chi connectivity index (χ2n) is 5.66. The van der Waals surface area contributed by atoms with E-state index >= 15 is 0 Å². The number of rotatable bonds is 4. The van der Waals surface area contributed by atoms with Crippen LogP contribution in [0.1, 0.15) is 42.4 Å². The topological polar surface area (TPSA) is 58.1 Å². The van der Waals surface area contributed by atoms with E-state index in [4.69, 9.17) is 0 Å². The van der Waals surface area contributed by atoms with Crippen LogP contribution in [0.3, 0.4) is 0 Å². The van der Waals surface area contributed by atoms with E-state index in [0.29, 0.717) is 18.8 Å². The van der Waals surface area contributed by atoms with Gasteiger partial charge in [0, 0.05) is 44.4 Å². The number of piperidine rings is 1. The van der Waals surface area contributed by atoms with Crippen LogP contribution < -0.4 is 5.32 Å². The molecule has 110 valence electrons. The van der Waals surface area contributed by atoms with Crippen LogP contribution in [0.4, 0.5) is 0 Å². The van der Waals surface area contributed by atoms with E-state index in [1.54, 1.807) is 19.0 Å². The first-order valence-electron chi connectivity index (χ1n) is 7.31. The SMILES string of the molecule is Cc1nc(CCC(=O)N(C)C)cc([C@H]2CCCNC2)n1. The monoisotopic (exact) mass is 276 g/mol. The molecule has 1 aliphatic heterocycles. The van der Waals surface area contributed by atoms with Crippen molar-refractivity contribution in [1.82, 2.24) is 20.2 Å². The molecule has 2 rings (SSSR count). The number of hydrogen-bond acceptors (Lipinski definition) is 4. The lowest BCUT2D eigenvalue weighted by molar-refractivity contribution is -0.128. The first-order valence-corrected chi connectivity index (χ1v) is 7.31. The fourth-order valence-corrected chi connectivity index (χ4v) is 2.56. The van der Waals surface area contributed by atoms with Gasteiger partial charge in [-0.05, 0) is 38.8 Å². The smallest absolute Gasteiger partial charge is 0.222 e. The lowest BCUT2D eigenvalue weighted by Gasteiger charge is -2.22. The van der Waals surface area contributed by atoms with Crippen LogP contribution in [0.15, 0.2) is 6.07 Å². The maximum Gasteiger partial charge on any atom is 0.222 e. The van der Waals surface area contributed by atoms with Crippen molar-refractivity contribution in [1.29, 1.82) is 0 Å². The van der Waals surface area contributed by atoms with Crippen molar-refractivity contribution in [3.63, 3.8) is 0 Å². The molecule has 0 spiro atoms. The van der Waals surface area contributed by atoms with Crippen LogP contribution >= 0.6 is 0 Å². The maximum absolute atomic E-state index is 11.7. The molecule has 1 aromatic heterocycles. The zero-order valence-electron chi connectivity index (χ0n) is 12.6. The number of nitrogens with zero attached hydrogens (tertiary/aromatic N) is 3. The van der Waals surface area contributed by atoms with Gasteiger partial charge in [-0.15, -0.1) is 0 Å². The number of aromatic nitrogens is 2. The summed E-state index contributed by atoms with van der Waals surface area (Å²) in [6.45, 7) is 4.02. The molecule has 1 atom stereocenters. The summed E-state index contributed by atoms with van der Waals surface area (Å²) < 4.78 is 0. The minimum Gasteiger partial charge on any atom is -0.349 e. The normalized spacial score (nSPS) is 18.9. The number of carbonyl (C=O) groups excluding carboxylic acids is 1. The van der Waals surface area contributed by atoms with Gasteiger partial charge in [-0.2, -0.15) is 0 Å². The van der Waals surface area contributed by atoms with E-state index in [0.717, 1.165) is 30.3 Å². The van der Waals surface area contributed by atoms with E-state index in [9.17, 15) is 4.79 Å². The van der Waals surface area contributed by atoms with Gasteiger partial charge in [0.2, 0.25) is 5.91 Å². The Morgan fingerprint density at radius 3 is 2.90 bits per heavy atom. The molecule has 1 N–H and O–H groups in total. The molecule has 0 unspecified atom stereocenters. The molecule has 0 saturated carbocycles. The van der Waals surface area contributed by atoms with Gasteiger partial charge in [-0.25, -0.2) is 9.97 Å². The van der Waals surface area contributed by atoms with Crippen molar-refractivity contribution < 1.29 is 4.79 Å². The van der Waals surface area contributed by atoms with Crippen LogP contribution in [0.2, 0.25) is 0 Å². The third-order valence-corrected chi connectivity index (χ3v) is 3.72. The molecule has 5 nitrogen and oxygen atoms in total. The summed E-state index contributed by atoms with van der Waals surface area (Å²) in [6.07, 6.45) is 3.57. The number of amides is 1. The van der Waals surface area contributed by atoms with E-state index in [-0.39, 0.29) is 5.91 Å². The van der Waals surface area contributed by atoms with Crippen LogP contribution in [-0.4, -0.2) is 48.0 Å². The highest BCUT2D eigenvalue weighted by Crippen LogP contribution is 2.22. The van der Waals surface area contributed by atoms with Gasteiger partial charge < -0.3 is 10.2 Å². The van der Waals surface area contributed by atoms with Gasteiger partial charge in [0.25, 0.3) is 0 Å².